The Bertz CT molecular complexity index is 721. The second kappa shape index (κ2) is 18.1. The number of nitrogens with two attached hydrogens (primary N) is 1. The molecule has 32 heavy (non-hydrogen) atoms. The summed E-state index contributed by atoms with van der Waals surface area (Å²) >= 11 is 0. The minimum Gasteiger partial charge on any atom is -0.493 e. The van der Waals surface area contributed by atoms with Crippen molar-refractivity contribution in [3.63, 3.8) is 0 Å². The van der Waals surface area contributed by atoms with Crippen LogP contribution in [0.2, 0.25) is 0 Å². The number of para-hydroxylation sites is 1. The van der Waals surface area contributed by atoms with Crippen LogP contribution in [0, 0.1) is 5.92 Å². The van der Waals surface area contributed by atoms with Crippen molar-refractivity contribution < 1.29 is 22.2 Å². The van der Waals surface area contributed by atoms with Crippen molar-refractivity contribution in [3.05, 3.63) is 35.9 Å². The lowest BCUT2D eigenvalue weighted by atomic mass is 10.1. The summed E-state index contributed by atoms with van der Waals surface area (Å²) in [5.74, 6) is 5.01. The minimum absolute atomic E-state index is 0.204. The third-order valence-corrected chi connectivity index (χ3v) is 6.49. The molecule has 6 nitrogen and oxygen atoms in total. The predicted molar refractivity (Wildman–Crippen MR) is 132 cm³/mol. The van der Waals surface area contributed by atoms with Gasteiger partial charge in [-0.1, -0.05) is 95.1 Å². The zero-order chi connectivity index (χ0) is 23.5. The minimum atomic E-state index is -3.81. The quantitative estimate of drug-likeness (QED) is 0.190. The fourth-order valence-corrected chi connectivity index (χ4v) is 4.40. The molecule has 0 aliphatic carbocycles. The summed E-state index contributed by atoms with van der Waals surface area (Å²) in [7, 11) is -3.81. The van der Waals surface area contributed by atoms with Gasteiger partial charge in [0.25, 0.3) is 10.1 Å². The topological polar surface area (TPSA) is 87.8 Å². The van der Waals surface area contributed by atoms with Gasteiger partial charge in [-0.2, -0.15) is 18.6 Å². The van der Waals surface area contributed by atoms with Crippen LogP contribution in [0.15, 0.2) is 30.3 Å². The zero-order valence-electron chi connectivity index (χ0n) is 20.0. The van der Waals surface area contributed by atoms with Gasteiger partial charge >= 0.3 is 0 Å². The summed E-state index contributed by atoms with van der Waals surface area (Å²) in [5.41, 5.74) is 0.943. The maximum absolute atomic E-state index is 11.8. The molecule has 1 aromatic rings. The molecule has 0 aliphatic rings. The van der Waals surface area contributed by atoms with Crippen molar-refractivity contribution in [1.82, 2.24) is 0 Å². The normalized spacial score (nSPS) is 13.0. The lowest BCUT2D eigenvalue weighted by molar-refractivity contribution is 0.0822. The first-order valence-corrected chi connectivity index (χ1v) is 13.6. The Kier molecular flexibility index (Phi) is 16.2. The molecule has 1 unspecified atom stereocenters. The van der Waals surface area contributed by atoms with Gasteiger partial charge in [-0.3, -0.25) is 0 Å². The fraction of sp³-hybridized carbons (Fsp3) is 0.680. The highest BCUT2D eigenvalue weighted by molar-refractivity contribution is 7.86. The van der Waals surface area contributed by atoms with E-state index in [4.69, 9.17) is 15.4 Å². The molecule has 2 N–H and O–H groups in total. The van der Waals surface area contributed by atoms with E-state index < -0.39 is 10.1 Å². The number of hydrogen-bond acceptors (Lipinski definition) is 6. The molecule has 0 aliphatic heterocycles. The van der Waals surface area contributed by atoms with Gasteiger partial charge < -0.3 is 9.47 Å². The number of allylic oxidation sites excluding steroid dienone is 1. The molecule has 1 atom stereocenters. The van der Waals surface area contributed by atoms with Crippen molar-refractivity contribution in [1.29, 1.82) is 0 Å². The third-order valence-electron chi connectivity index (χ3n) is 5.32. The molecule has 0 heterocycles. The first-order valence-electron chi connectivity index (χ1n) is 12.1. The lowest BCUT2D eigenvalue weighted by Gasteiger charge is -2.18. The van der Waals surface area contributed by atoms with Crippen molar-refractivity contribution >= 4 is 16.2 Å². The molecule has 0 bridgehead atoms. The van der Waals surface area contributed by atoms with Crippen LogP contribution >= 0.6 is 0 Å². The maximum Gasteiger partial charge on any atom is 0.283 e. The lowest BCUT2D eigenvalue weighted by Crippen LogP contribution is -2.29. The van der Waals surface area contributed by atoms with Crippen LogP contribution in [-0.4, -0.2) is 34.0 Å². The molecule has 0 fully saturated rings. The van der Waals surface area contributed by atoms with E-state index in [2.05, 4.69) is 11.2 Å². The Hall–Kier alpha value is -1.41. The Balaban J connectivity index is 2.33. The van der Waals surface area contributed by atoms with E-state index in [9.17, 15) is 8.42 Å². The molecule has 1 rings (SSSR count). The van der Waals surface area contributed by atoms with Gasteiger partial charge in [-0.25, -0.2) is 0 Å². The van der Waals surface area contributed by atoms with Crippen molar-refractivity contribution in [3.8, 4) is 5.75 Å². The van der Waals surface area contributed by atoms with Crippen LogP contribution in [0.25, 0.3) is 6.08 Å². The largest absolute Gasteiger partial charge is 0.493 e. The molecule has 1 aromatic carbocycles. The SMILES string of the molecule is CC=Cc1ccccc1OCC(COCCCCCCCCCCCC)CS(=O)(=O)ON. The number of benzene rings is 1. The molecular weight excluding hydrogens is 426 g/mol. The molecule has 0 amide bonds. The molecule has 7 heteroatoms. The first-order chi connectivity index (χ1) is 15.5. The summed E-state index contributed by atoms with van der Waals surface area (Å²) in [6.07, 6.45) is 16.5. The van der Waals surface area contributed by atoms with Gasteiger partial charge in [-0.05, 0) is 19.4 Å². The van der Waals surface area contributed by atoms with E-state index in [0.717, 1.165) is 18.4 Å². The third kappa shape index (κ3) is 13.9. The average molecular weight is 470 g/mol. The monoisotopic (exact) mass is 469 g/mol. The molecule has 184 valence electrons. The maximum atomic E-state index is 11.8. The Morgan fingerprint density at radius 2 is 1.56 bits per heavy atom. The second-order valence-corrected chi connectivity index (χ2v) is 9.93. The molecule has 0 saturated carbocycles. The first kappa shape index (κ1) is 28.6. The van der Waals surface area contributed by atoms with Crippen LogP contribution in [0.3, 0.4) is 0 Å². The number of ether oxygens (including phenoxy) is 2. The van der Waals surface area contributed by atoms with E-state index in [-0.39, 0.29) is 24.9 Å². The Morgan fingerprint density at radius 1 is 0.938 bits per heavy atom. The standard InChI is InChI=1S/C25H43NO5S/c1-3-5-6-7-8-9-10-11-12-15-19-29-20-23(22-32(27,28)31-26)21-30-25-18-14-13-17-24(25)16-4-2/h4,13-14,16-18,23H,3,5-12,15,19-22,26H2,1-2H3. The van der Waals surface area contributed by atoms with E-state index in [0.29, 0.717) is 12.4 Å². The molecule has 0 saturated heterocycles. The highest BCUT2D eigenvalue weighted by Gasteiger charge is 2.21. The zero-order valence-corrected chi connectivity index (χ0v) is 20.8. The Labute approximate surface area is 195 Å². The van der Waals surface area contributed by atoms with Crippen molar-refractivity contribution in [2.45, 2.75) is 78.1 Å². The summed E-state index contributed by atoms with van der Waals surface area (Å²) < 4.78 is 39.5. The van der Waals surface area contributed by atoms with Gasteiger partial charge in [0.1, 0.15) is 5.75 Å². The van der Waals surface area contributed by atoms with Crippen molar-refractivity contribution in [2.75, 3.05) is 25.6 Å². The van der Waals surface area contributed by atoms with Crippen LogP contribution in [0.5, 0.6) is 5.75 Å². The van der Waals surface area contributed by atoms with Crippen LogP contribution in [-0.2, 0) is 19.1 Å². The van der Waals surface area contributed by atoms with E-state index in [1.807, 2.05) is 43.3 Å². The van der Waals surface area contributed by atoms with E-state index in [1.165, 1.54) is 51.4 Å². The van der Waals surface area contributed by atoms with Gasteiger partial charge in [0.15, 0.2) is 0 Å². The summed E-state index contributed by atoms with van der Waals surface area (Å²) in [4.78, 5) is 0. The van der Waals surface area contributed by atoms with Crippen LogP contribution < -0.4 is 10.6 Å². The average Bonchev–Trinajstić information content (AvgIpc) is 2.79. The molecule has 0 radical (unpaired) electrons. The van der Waals surface area contributed by atoms with Gasteiger partial charge in [0.2, 0.25) is 0 Å². The number of hydrogen-bond donors (Lipinski definition) is 1. The predicted octanol–water partition coefficient (Wildman–Crippen LogP) is 5.87. The highest BCUT2D eigenvalue weighted by atomic mass is 32.2. The van der Waals surface area contributed by atoms with Gasteiger partial charge in [-0.15, -0.1) is 0 Å². The molecular formula is C25H43NO5S. The summed E-state index contributed by atoms with van der Waals surface area (Å²) in [6.45, 7) is 5.28. The van der Waals surface area contributed by atoms with Crippen LogP contribution in [0.4, 0.5) is 0 Å². The summed E-state index contributed by atoms with van der Waals surface area (Å²) in [6, 6.07) is 7.64. The second-order valence-electron chi connectivity index (χ2n) is 8.29. The number of unbranched alkanes of at least 4 members (excludes halogenated alkanes) is 9. The van der Waals surface area contributed by atoms with E-state index >= 15 is 0 Å². The summed E-state index contributed by atoms with van der Waals surface area (Å²) in [5, 5.41) is 0. The molecule has 0 spiro atoms. The van der Waals surface area contributed by atoms with E-state index in [1.54, 1.807) is 0 Å². The highest BCUT2D eigenvalue weighted by Crippen LogP contribution is 2.20. The number of rotatable bonds is 20. The fourth-order valence-electron chi connectivity index (χ4n) is 3.55. The Morgan fingerprint density at radius 3 is 2.19 bits per heavy atom. The van der Waals surface area contributed by atoms with Gasteiger partial charge in [0, 0.05) is 18.1 Å². The van der Waals surface area contributed by atoms with Gasteiger partial charge in [0.05, 0.1) is 19.0 Å². The smallest absolute Gasteiger partial charge is 0.283 e. The molecule has 0 aromatic heterocycles. The van der Waals surface area contributed by atoms with Crippen molar-refractivity contribution in [2.24, 2.45) is 11.8 Å². The van der Waals surface area contributed by atoms with Crippen LogP contribution in [0.1, 0.15) is 83.6 Å².